The van der Waals surface area contributed by atoms with Crippen LogP contribution in [0.25, 0.3) is 10.9 Å². The molecular weight excluding hydrogens is 466 g/mol. The summed E-state index contributed by atoms with van der Waals surface area (Å²) in [7, 11) is 1.98. The maximum absolute atomic E-state index is 6.53. The van der Waals surface area contributed by atoms with E-state index in [9.17, 15) is 0 Å². The molecule has 0 unspecified atom stereocenters. The van der Waals surface area contributed by atoms with Crippen LogP contribution in [-0.2, 0) is 19.4 Å². The quantitative estimate of drug-likeness (QED) is 0.243. The normalized spacial score (nSPS) is 11.3. The van der Waals surface area contributed by atoms with Gasteiger partial charge in [-0.2, -0.15) is 0 Å². The summed E-state index contributed by atoms with van der Waals surface area (Å²) in [4.78, 5) is 16.4. The largest absolute Gasteiger partial charge is 0.487 e. The number of anilines is 1. The molecule has 3 heterocycles. The Morgan fingerprint density at radius 2 is 2.15 bits per heavy atom. The zero-order chi connectivity index (χ0) is 24.1. The van der Waals surface area contributed by atoms with Crippen molar-refractivity contribution >= 4 is 40.0 Å². The fourth-order valence-electron chi connectivity index (χ4n) is 3.59. The highest BCUT2D eigenvalue weighted by molar-refractivity contribution is 7.98. The number of halogens is 1. The minimum Gasteiger partial charge on any atom is -0.487 e. The lowest BCUT2D eigenvalue weighted by Gasteiger charge is -2.19. The first-order valence-electron chi connectivity index (χ1n) is 10.8. The fourth-order valence-corrected chi connectivity index (χ4v) is 4.90. The number of para-hydroxylation sites is 1. The van der Waals surface area contributed by atoms with Gasteiger partial charge < -0.3 is 14.2 Å². The van der Waals surface area contributed by atoms with Crippen molar-refractivity contribution in [3.63, 3.8) is 0 Å². The smallest absolute Gasteiger partial charge is 0.146 e. The molecule has 0 amide bonds. The average Bonchev–Trinajstić information content (AvgIpc) is 3.24. The van der Waals surface area contributed by atoms with E-state index >= 15 is 0 Å². The lowest BCUT2D eigenvalue weighted by atomic mass is 10.1. The van der Waals surface area contributed by atoms with Gasteiger partial charge in [-0.15, -0.1) is 11.8 Å². The predicted molar refractivity (Wildman–Crippen MR) is 140 cm³/mol. The second kappa shape index (κ2) is 10.8. The maximum atomic E-state index is 6.53. The molecule has 0 N–H and O–H groups in total. The van der Waals surface area contributed by atoms with Gasteiger partial charge in [0.15, 0.2) is 0 Å². The Hall–Kier alpha value is -3.29. The van der Waals surface area contributed by atoms with E-state index in [-0.39, 0.29) is 0 Å². The number of hydrogen-bond donors (Lipinski definition) is 0. The predicted octanol–water partition coefficient (Wildman–Crippen LogP) is 6.68. The number of benzene rings is 1. The van der Waals surface area contributed by atoms with Crippen molar-refractivity contribution in [2.45, 2.75) is 31.1 Å². The molecule has 0 saturated heterocycles. The summed E-state index contributed by atoms with van der Waals surface area (Å²) < 4.78 is 8.30. The lowest BCUT2D eigenvalue weighted by Crippen LogP contribution is -2.08. The van der Waals surface area contributed by atoms with Crippen LogP contribution < -0.4 is 9.64 Å². The van der Waals surface area contributed by atoms with Crippen LogP contribution in [0.1, 0.15) is 24.0 Å². The molecule has 0 aliphatic rings. The number of fused-ring (bicyclic) bond motifs is 1. The molecule has 0 aliphatic carbocycles. The van der Waals surface area contributed by atoms with Crippen molar-refractivity contribution in [2.24, 2.45) is 7.05 Å². The van der Waals surface area contributed by atoms with Crippen LogP contribution in [0, 0.1) is 6.92 Å². The van der Waals surface area contributed by atoms with E-state index in [4.69, 9.17) is 21.3 Å². The standard InChI is InChI=1S/C26H26ClN5OS/c1-5-11-32(6-2)22-13-18(3)30-26-19(22)8-7-9-23(26)33-16-20-21(27)14-28-15-24(20)34-17-25-29-10-12-31(25)4/h5-15H,2,16-17H2,1,3-4H3/b11-5-. The van der Waals surface area contributed by atoms with Gasteiger partial charge in [0.2, 0.25) is 0 Å². The van der Waals surface area contributed by atoms with Crippen molar-refractivity contribution in [1.82, 2.24) is 19.5 Å². The number of aryl methyl sites for hydroxylation is 2. The number of imidazole rings is 1. The molecule has 34 heavy (non-hydrogen) atoms. The number of nitrogens with zero attached hydrogens (tertiary/aromatic N) is 5. The Morgan fingerprint density at radius 3 is 2.88 bits per heavy atom. The van der Waals surface area contributed by atoms with Gasteiger partial charge in [-0.05, 0) is 26.0 Å². The first kappa shape index (κ1) is 23.9. The maximum Gasteiger partial charge on any atom is 0.146 e. The van der Waals surface area contributed by atoms with Gasteiger partial charge in [0.25, 0.3) is 0 Å². The minimum atomic E-state index is 0.300. The fraction of sp³-hybridized carbons (Fsp3) is 0.192. The van der Waals surface area contributed by atoms with E-state index in [1.807, 2.05) is 79.3 Å². The van der Waals surface area contributed by atoms with Crippen LogP contribution >= 0.6 is 23.4 Å². The van der Waals surface area contributed by atoms with E-state index in [1.54, 1.807) is 30.4 Å². The Bertz CT molecular complexity index is 1350. The van der Waals surface area contributed by atoms with Crippen molar-refractivity contribution < 1.29 is 4.74 Å². The Labute approximate surface area is 209 Å². The van der Waals surface area contributed by atoms with E-state index in [2.05, 4.69) is 16.5 Å². The summed E-state index contributed by atoms with van der Waals surface area (Å²) in [5.41, 5.74) is 3.57. The monoisotopic (exact) mass is 491 g/mol. The SMILES string of the molecule is C=CN(/C=C\C)c1cc(C)nc2c(OCc3c(Cl)cncc3SCc3nccn3C)cccc12. The van der Waals surface area contributed by atoms with E-state index in [1.165, 1.54) is 0 Å². The molecule has 0 atom stereocenters. The molecule has 174 valence electrons. The molecular formula is C26H26ClN5OS. The molecule has 0 radical (unpaired) electrons. The van der Waals surface area contributed by atoms with Gasteiger partial charge in [-0.3, -0.25) is 4.98 Å². The second-order valence-corrected chi connectivity index (χ2v) is 9.06. The highest BCUT2D eigenvalue weighted by atomic mass is 35.5. The number of pyridine rings is 2. The first-order chi connectivity index (χ1) is 16.5. The van der Waals surface area contributed by atoms with Crippen LogP contribution in [-0.4, -0.2) is 19.5 Å². The lowest BCUT2D eigenvalue weighted by molar-refractivity contribution is 0.306. The van der Waals surface area contributed by atoms with Crippen molar-refractivity contribution in [2.75, 3.05) is 4.90 Å². The second-order valence-electron chi connectivity index (χ2n) is 7.64. The zero-order valence-corrected chi connectivity index (χ0v) is 21.0. The van der Waals surface area contributed by atoms with Crippen molar-refractivity contribution in [1.29, 1.82) is 0 Å². The molecule has 6 nitrogen and oxygen atoms in total. The van der Waals surface area contributed by atoms with E-state index < -0.39 is 0 Å². The highest BCUT2D eigenvalue weighted by Crippen LogP contribution is 2.35. The Kier molecular flexibility index (Phi) is 7.55. The zero-order valence-electron chi connectivity index (χ0n) is 19.4. The average molecular weight is 492 g/mol. The van der Waals surface area contributed by atoms with Crippen LogP contribution in [0.3, 0.4) is 0 Å². The summed E-state index contributed by atoms with van der Waals surface area (Å²) in [5.74, 6) is 2.38. The molecule has 0 fully saturated rings. The topological polar surface area (TPSA) is 56.1 Å². The molecule has 0 aliphatic heterocycles. The van der Waals surface area contributed by atoms with E-state index in [0.29, 0.717) is 23.1 Å². The Balaban J connectivity index is 1.64. The van der Waals surface area contributed by atoms with Gasteiger partial charge >= 0.3 is 0 Å². The number of aromatic nitrogens is 4. The summed E-state index contributed by atoms with van der Waals surface area (Å²) in [6, 6.07) is 7.99. The van der Waals surface area contributed by atoms with Gasteiger partial charge in [-0.1, -0.05) is 36.4 Å². The van der Waals surface area contributed by atoms with Crippen LogP contribution in [0.4, 0.5) is 5.69 Å². The van der Waals surface area contributed by atoms with Crippen LogP contribution in [0.5, 0.6) is 5.75 Å². The highest BCUT2D eigenvalue weighted by Gasteiger charge is 2.15. The number of allylic oxidation sites excluding steroid dienone is 1. The Morgan fingerprint density at radius 1 is 1.29 bits per heavy atom. The van der Waals surface area contributed by atoms with Gasteiger partial charge in [0, 0.05) is 65.8 Å². The number of ether oxygens (including phenoxy) is 1. The molecule has 8 heteroatoms. The molecule has 4 aromatic rings. The molecule has 1 aromatic carbocycles. The summed E-state index contributed by atoms with van der Waals surface area (Å²) in [6.45, 7) is 8.20. The number of rotatable bonds is 9. The van der Waals surface area contributed by atoms with Gasteiger partial charge in [0.05, 0.1) is 16.5 Å². The number of thioether (sulfide) groups is 1. The van der Waals surface area contributed by atoms with Gasteiger partial charge in [0.1, 0.15) is 23.7 Å². The third-order valence-corrected chi connectivity index (χ3v) is 6.70. The first-order valence-corrected chi connectivity index (χ1v) is 12.2. The number of hydrogen-bond acceptors (Lipinski definition) is 6. The van der Waals surface area contributed by atoms with E-state index in [0.717, 1.165) is 38.6 Å². The molecule has 0 spiro atoms. The summed E-state index contributed by atoms with van der Waals surface area (Å²) >= 11 is 8.17. The third-order valence-electron chi connectivity index (χ3n) is 5.31. The summed E-state index contributed by atoms with van der Waals surface area (Å²) in [5, 5.41) is 1.55. The molecule has 3 aromatic heterocycles. The molecule has 0 bridgehead atoms. The summed E-state index contributed by atoms with van der Waals surface area (Å²) in [6.07, 6.45) is 12.9. The van der Waals surface area contributed by atoms with Crippen LogP contribution in [0.15, 0.2) is 79.0 Å². The van der Waals surface area contributed by atoms with Crippen molar-refractivity contribution in [3.8, 4) is 5.75 Å². The molecule has 4 rings (SSSR count). The minimum absolute atomic E-state index is 0.300. The van der Waals surface area contributed by atoms with Crippen LogP contribution in [0.2, 0.25) is 5.02 Å². The third kappa shape index (κ3) is 5.11. The van der Waals surface area contributed by atoms with Crippen molar-refractivity contribution in [3.05, 3.63) is 96.2 Å². The van der Waals surface area contributed by atoms with Gasteiger partial charge in [-0.25, -0.2) is 9.97 Å². The molecule has 0 saturated carbocycles.